The molecule has 1 amide bonds. The van der Waals surface area contributed by atoms with Gasteiger partial charge in [-0.05, 0) is 37.3 Å². The molecule has 7 heteroatoms. The van der Waals surface area contributed by atoms with Gasteiger partial charge in [-0.2, -0.15) is 0 Å². The van der Waals surface area contributed by atoms with E-state index < -0.39 is 0 Å². The Morgan fingerprint density at radius 1 is 1.14 bits per heavy atom. The predicted octanol–water partition coefficient (Wildman–Crippen LogP) is 4.87. The topological polar surface area (TPSA) is 72.0 Å². The molecule has 0 unspecified atom stereocenters. The number of rotatable bonds is 7. The molecule has 1 saturated carbocycles. The Balaban J connectivity index is 1.30. The first-order valence-corrected chi connectivity index (χ1v) is 11.2. The molecule has 0 bridgehead atoms. The SMILES string of the molecule is Cc1ccc(C(=O)CSc2nnc(NC(=O)[C@@H]3C[C@H]3c3ccccc3)s2)c(C)c1. The van der Waals surface area contributed by atoms with Gasteiger partial charge in [0.15, 0.2) is 10.1 Å². The Morgan fingerprint density at radius 2 is 1.93 bits per heavy atom. The molecule has 1 aliphatic rings. The van der Waals surface area contributed by atoms with Crippen molar-refractivity contribution in [3.8, 4) is 0 Å². The molecule has 5 nitrogen and oxygen atoms in total. The largest absolute Gasteiger partial charge is 0.300 e. The standard InChI is InChI=1S/C22H21N3O2S2/c1-13-8-9-16(14(2)10-13)19(26)12-28-22-25-24-21(29-22)23-20(27)18-11-17(18)15-6-4-3-5-7-15/h3-10,17-18H,11-12H2,1-2H3,(H,23,24,27)/t17-,18+/m0/s1. The molecular weight excluding hydrogens is 402 g/mol. The lowest BCUT2D eigenvalue weighted by Crippen LogP contribution is -2.14. The molecule has 0 aliphatic heterocycles. The van der Waals surface area contributed by atoms with E-state index in [9.17, 15) is 9.59 Å². The number of benzene rings is 2. The van der Waals surface area contributed by atoms with Crippen LogP contribution in [0.2, 0.25) is 0 Å². The second-order valence-corrected chi connectivity index (χ2v) is 9.45. The molecule has 0 spiro atoms. The molecule has 2 atom stereocenters. The first kappa shape index (κ1) is 19.8. The van der Waals surface area contributed by atoms with Gasteiger partial charge in [-0.3, -0.25) is 9.59 Å². The number of ketones is 1. The molecular formula is C22H21N3O2S2. The van der Waals surface area contributed by atoms with Crippen molar-refractivity contribution < 1.29 is 9.59 Å². The monoisotopic (exact) mass is 423 g/mol. The lowest BCUT2D eigenvalue weighted by atomic mass is 10.0. The van der Waals surface area contributed by atoms with Crippen molar-refractivity contribution in [2.24, 2.45) is 5.92 Å². The van der Waals surface area contributed by atoms with Crippen molar-refractivity contribution in [1.82, 2.24) is 10.2 Å². The van der Waals surface area contributed by atoms with E-state index in [1.807, 2.05) is 50.2 Å². The average molecular weight is 424 g/mol. The van der Waals surface area contributed by atoms with Crippen molar-refractivity contribution >= 4 is 39.9 Å². The molecule has 4 rings (SSSR count). The van der Waals surface area contributed by atoms with Crippen molar-refractivity contribution in [2.75, 3.05) is 11.1 Å². The number of anilines is 1. The minimum Gasteiger partial charge on any atom is -0.300 e. The van der Waals surface area contributed by atoms with E-state index in [2.05, 4.69) is 27.6 Å². The smallest absolute Gasteiger partial charge is 0.229 e. The van der Waals surface area contributed by atoms with Gasteiger partial charge in [-0.25, -0.2) is 0 Å². The number of hydrogen-bond acceptors (Lipinski definition) is 6. The number of carbonyl (C=O) groups excluding carboxylic acids is 2. The van der Waals surface area contributed by atoms with Crippen LogP contribution in [0, 0.1) is 19.8 Å². The molecule has 148 valence electrons. The molecule has 0 radical (unpaired) electrons. The maximum atomic E-state index is 12.5. The fourth-order valence-corrected chi connectivity index (χ4v) is 5.04. The van der Waals surface area contributed by atoms with E-state index in [0.29, 0.717) is 15.2 Å². The lowest BCUT2D eigenvalue weighted by molar-refractivity contribution is -0.117. The zero-order chi connectivity index (χ0) is 20.4. The highest BCUT2D eigenvalue weighted by atomic mass is 32.2. The minimum atomic E-state index is -0.0158. The Hall–Kier alpha value is -2.51. The van der Waals surface area contributed by atoms with Crippen LogP contribution in [0.4, 0.5) is 5.13 Å². The highest BCUT2D eigenvalue weighted by Gasteiger charge is 2.44. The summed E-state index contributed by atoms with van der Waals surface area (Å²) in [5.41, 5.74) is 4.06. The molecule has 1 aromatic heterocycles. The van der Waals surface area contributed by atoms with Gasteiger partial charge < -0.3 is 5.32 Å². The van der Waals surface area contributed by atoms with Crippen LogP contribution in [0.3, 0.4) is 0 Å². The second kappa shape index (κ2) is 8.47. The number of nitrogens with one attached hydrogen (secondary N) is 1. The van der Waals surface area contributed by atoms with Crippen LogP contribution >= 0.6 is 23.1 Å². The highest BCUT2D eigenvalue weighted by Crippen LogP contribution is 2.48. The highest BCUT2D eigenvalue weighted by molar-refractivity contribution is 8.01. The van der Waals surface area contributed by atoms with E-state index in [1.165, 1.54) is 28.7 Å². The van der Waals surface area contributed by atoms with Crippen LogP contribution in [0.1, 0.15) is 39.4 Å². The molecule has 29 heavy (non-hydrogen) atoms. The Bertz CT molecular complexity index is 1050. The van der Waals surface area contributed by atoms with E-state index >= 15 is 0 Å². The fraction of sp³-hybridized carbons (Fsp3) is 0.273. The van der Waals surface area contributed by atoms with Crippen LogP contribution in [0.5, 0.6) is 0 Å². The first-order valence-electron chi connectivity index (χ1n) is 9.44. The normalized spacial score (nSPS) is 17.7. The third kappa shape index (κ3) is 4.74. The summed E-state index contributed by atoms with van der Waals surface area (Å²) in [6.45, 7) is 3.96. The van der Waals surface area contributed by atoms with Crippen molar-refractivity contribution in [3.05, 3.63) is 70.8 Å². The Labute approximate surface area is 178 Å². The summed E-state index contributed by atoms with van der Waals surface area (Å²) in [4.78, 5) is 24.9. The van der Waals surface area contributed by atoms with Crippen molar-refractivity contribution in [1.29, 1.82) is 0 Å². The summed E-state index contributed by atoms with van der Waals surface area (Å²) in [5.74, 6) is 0.622. The van der Waals surface area contributed by atoms with Crippen molar-refractivity contribution in [2.45, 2.75) is 30.5 Å². The van der Waals surface area contributed by atoms with E-state index in [-0.39, 0.29) is 23.5 Å². The molecule has 1 N–H and O–H groups in total. The summed E-state index contributed by atoms with van der Waals surface area (Å²) in [6, 6.07) is 15.9. The number of Topliss-reactive ketones (excluding diaryl/α,β-unsaturated/α-hetero) is 1. The zero-order valence-electron chi connectivity index (χ0n) is 16.2. The molecule has 0 saturated heterocycles. The predicted molar refractivity (Wildman–Crippen MR) is 117 cm³/mol. The Morgan fingerprint density at radius 3 is 2.69 bits per heavy atom. The van der Waals surface area contributed by atoms with Crippen molar-refractivity contribution in [3.63, 3.8) is 0 Å². The summed E-state index contributed by atoms with van der Waals surface area (Å²) in [5, 5.41) is 11.5. The quantitative estimate of drug-likeness (QED) is 0.333. The van der Waals surface area contributed by atoms with Gasteiger partial charge >= 0.3 is 0 Å². The van der Waals surface area contributed by atoms with E-state index in [4.69, 9.17) is 0 Å². The van der Waals surface area contributed by atoms with Crippen LogP contribution in [-0.4, -0.2) is 27.6 Å². The van der Waals surface area contributed by atoms with Crippen LogP contribution in [0.15, 0.2) is 52.9 Å². The minimum absolute atomic E-state index is 0.0107. The third-order valence-electron chi connectivity index (χ3n) is 5.00. The van der Waals surface area contributed by atoms with Gasteiger partial charge in [-0.1, -0.05) is 77.2 Å². The number of amides is 1. The summed E-state index contributed by atoms with van der Waals surface area (Å²) >= 11 is 2.65. The number of aryl methyl sites for hydroxylation is 2. The maximum Gasteiger partial charge on any atom is 0.229 e. The van der Waals surface area contributed by atoms with Gasteiger partial charge in [-0.15, -0.1) is 10.2 Å². The average Bonchev–Trinajstić information content (AvgIpc) is 3.40. The second-order valence-electron chi connectivity index (χ2n) is 7.25. The van der Waals surface area contributed by atoms with Crippen LogP contribution in [-0.2, 0) is 4.79 Å². The zero-order valence-corrected chi connectivity index (χ0v) is 17.8. The van der Waals surface area contributed by atoms with Gasteiger partial charge in [0, 0.05) is 11.5 Å². The maximum absolute atomic E-state index is 12.5. The number of hydrogen-bond donors (Lipinski definition) is 1. The fourth-order valence-electron chi connectivity index (χ4n) is 3.40. The summed E-state index contributed by atoms with van der Waals surface area (Å²) < 4.78 is 0.675. The summed E-state index contributed by atoms with van der Waals surface area (Å²) in [6.07, 6.45) is 0.862. The molecule has 2 aromatic carbocycles. The third-order valence-corrected chi connectivity index (χ3v) is 6.97. The molecule has 1 fully saturated rings. The van der Waals surface area contributed by atoms with Gasteiger partial charge in [0.1, 0.15) is 0 Å². The number of nitrogens with zero attached hydrogens (tertiary/aromatic N) is 2. The van der Waals surface area contributed by atoms with E-state index in [1.54, 1.807) is 0 Å². The van der Waals surface area contributed by atoms with Crippen LogP contribution in [0.25, 0.3) is 0 Å². The number of carbonyl (C=O) groups is 2. The van der Waals surface area contributed by atoms with Gasteiger partial charge in [0.05, 0.1) is 5.75 Å². The van der Waals surface area contributed by atoms with E-state index in [0.717, 1.165) is 23.1 Å². The lowest BCUT2D eigenvalue weighted by Gasteiger charge is -2.04. The first-order chi connectivity index (χ1) is 14.0. The molecule has 3 aromatic rings. The molecule has 1 aliphatic carbocycles. The number of aromatic nitrogens is 2. The van der Waals surface area contributed by atoms with Gasteiger partial charge in [0.2, 0.25) is 11.0 Å². The van der Waals surface area contributed by atoms with Gasteiger partial charge in [0.25, 0.3) is 0 Å². The summed E-state index contributed by atoms with van der Waals surface area (Å²) in [7, 11) is 0. The number of thioether (sulfide) groups is 1. The van der Waals surface area contributed by atoms with Crippen LogP contribution < -0.4 is 5.32 Å². The Kier molecular flexibility index (Phi) is 5.78. The molecule has 1 heterocycles.